The van der Waals surface area contributed by atoms with E-state index in [9.17, 15) is 0 Å². The Morgan fingerprint density at radius 3 is 1.54 bits per heavy atom. The van der Waals surface area contributed by atoms with Crippen LogP contribution >= 0.6 is 45.2 Å². The molecule has 0 bridgehead atoms. The third kappa shape index (κ3) is 4.50. The number of fused-ring (bicyclic) bond motifs is 6. The van der Waals surface area contributed by atoms with E-state index in [0.717, 1.165) is 0 Å². The standard InChI is InChI=1S/C50H32I2/c51-39-27-29-44-42(32-39)40-22-10-11-23-43(40)50(44,37-19-8-3-9-20-37)38-21-12-14-33(30-38)34-26-28-41-46(31-34)49(35-15-4-1-5-16-35,36-17-6-2-7-18-36)45-24-13-25-47(52)48(41)45/h1-32H. The average molecular weight is 887 g/mol. The van der Waals surface area contributed by atoms with E-state index in [2.05, 4.69) is 239 Å². The zero-order valence-electron chi connectivity index (χ0n) is 28.2. The molecule has 0 radical (unpaired) electrons. The van der Waals surface area contributed by atoms with Crippen molar-refractivity contribution in [1.29, 1.82) is 0 Å². The summed E-state index contributed by atoms with van der Waals surface area (Å²) in [4.78, 5) is 0. The van der Waals surface area contributed by atoms with E-state index >= 15 is 0 Å². The zero-order chi connectivity index (χ0) is 34.9. The molecule has 10 rings (SSSR count). The summed E-state index contributed by atoms with van der Waals surface area (Å²) in [5.41, 5.74) is 17.3. The second-order valence-electron chi connectivity index (χ2n) is 13.8. The molecule has 1 unspecified atom stereocenters. The van der Waals surface area contributed by atoms with Crippen LogP contribution in [-0.4, -0.2) is 0 Å². The molecule has 0 spiro atoms. The Kier molecular flexibility index (Phi) is 7.63. The zero-order valence-corrected chi connectivity index (χ0v) is 32.5. The monoisotopic (exact) mass is 886 g/mol. The normalized spacial score (nSPS) is 16.1. The quantitative estimate of drug-likeness (QED) is 0.151. The lowest BCUT2D eigenvalue weighted by Gasteiger charge is -2.34. The van der Waals surface area contributed by atoms with Gasteiger partial charge in [-0.25, -0.2) is 0 Å². The number of rotatable bonds is 5. The third-order valence-corrected chi connectivity index (χ3v) is 12.9. The minimum Gasteiger partial charge on any atom is -0.0622 e. The Bertz CT molecular complexity index is 2600. The third-order valence-electron chi connectivity index (χ3n) is 11.4. The van der Waals surface area contributed by atoms with Crippen LogP contribution in [0.1, 0.15) is 44.5 Å². The van der Waals surface area contributed by atoms with Crippen molar-refractivity contribution in [3.05, 3.63) is 246 Å². The lowest BCUT2D eigenvalue weighted by Crippen LogP contribution is -2.29. The van der Waals surface area contributed by atoms with Crippen LogP contribution in [0, 0.1) is 7.14 Å². The molecule has 0 fully saturated rings. The highest BCUT2D eigenvalue weighted by Gasteiger charge is 2.48. The van der Waals surface area contributed by atoms with Gasteiger partial charge in [-0.2, -0.15) is 0 Å². The Labute approximate surface area is 332 Å². The molecule has 246 valence electrons. The highest BCUT2D eigenvalue weighted by atomic mass is 127. The lowest BCUT2D eigenvalue weighted by molar-refractivity contribution is 0.767. The van der Waals surface area contributed by atoms with E-state index in [1.54, 1.807) is 0 Å². The molecule has 0 amide bonds. The summed E-state index contributed by atoms with van der Waals surface area (Å²) in [6.07, 6.45) is 0. The maximum Gasteiger partial charge on any atom is 0.0714 e. The molecule has 2 heteroatoms. The van der Waals surface area contributed by atoms with Crippen LogP contribution in [0.25, 0.3) is 33.4 Å². The molecule has 52 heavy (non-hydrogen) atoms. The first-order valence-corrected chi connectivity index (χ1v) is 19.9. The van der Waals surface area contributed by atoms with Crippen molar-refractivity contribution in [2.75, 3.05) is 0 Å². The van der Waals surface area contributed by atoms with Gasteiger partial charge in [-0.05, 0) is 148 Å². The molecule has 0 saturated carbocycles. The van der Waals surface area contributed by atoms with E-state index in [1.807, 2.05) is 0 Å². The first-order chi connectivity index (χ1) is 25.6. The van der Waals surface area contributed by atoms with Gasteiger partial charge in [0.1, 0.15) is 0 Å². The van der Waals surface area contributed by atoms with Crippen LogP contribution in [-0.2, 0) is 10.8 Å². The molecular weight excluding hydrogens is 854 g/mol. The topological polar surface area (TPSA) is 0 Å². The molecule has 0 nitrogen and oxygen atoms in total. The van der Waals surface area contributed by atoms with Crippen molar-refractivity contribution in [1.82, 2.24) is 0 Å². The fourth-order valence-corrected chi connectivity index (χ4v) is 10.6. The summed E-state index contributed by atoms with van der Waals surface area (Å²) >= 11 is 4.99. The predicted molar refractivity (Wildman–Crippen MR) is 232 cm³/mol. The summed E-state index contributed by atoms with van der Waals surface area (Å²) in [5, 5.41) is 0. The Morgan fingerprint density at radius 1 is 0.308 bits per heavy atom. The lowest BCUT2D eigenvalue weighted by atomic mass is 9.67. The summed E-state index contributed by atoms with van der Waals surface area (Å²) in [7, 11) is 0. The average Bonchev–Trinajstić information content (AvgIpc) is 3.67. The van der Waals surface area contributed by atoms with Gasteiger partial charge < -0.3 is 0 Å². The van der Waals surface area contributed by atoms with Gasteiger partial charge in [-0.1, -0.05) is 164 Å². The van der Waals surface area contributed by atoms with Gasteiger partial charge >= 0.3 is 0 Å². The molecular formula is C50H32I2. The van der Waals surface area contributed by atoms with E-state index in [-0.39, 0.29) is 0 Å². The van der Waals surface area contributed by atoms with Gasteiger partial charge in [0.2, 0.25) is 0 Å². The van der Waals surface area contributed by atoms with Crippen molar-refractivity contribution >= 4 is 45.2 Å². The smallest absolute Gasteiger partial charge is 0.0622 e. The second kappa shape index (κ2) is 12.4. The van der Waals surface area contributed by atoms with Crippen LogP contribution in [0.4, 0.5) is 0 Å². The van der Waals surface area contributed by atoms with Crippen molar-refractivity contribution in [2.24, 2.45) is 0 Å². The minimum atomic E-state index is -0.451. The molecule has 0 aliphatic heterocycles. The fourth-order valence-electron chi connectivity index (χ4n) is 9.34. The predicted octanol–water partition coefficient (Wildman–Crippen LogP) is 13.3. The number of hydrogen-bond donors (Lipinski definition) is 0. The summed E-state index contributed by atoms with van der Waals surface area (Å²) in [6.45, 7) is 0. The Morgan fingerprint density at radius 2 is 0.846 bits per heavy atom. The van der Waals surface area contributed by atoms with Gasteiger partial charge in [-0.15, -0.1) is 0 Å². The Hall–Kier alpha value is -4.78. The van der Waals surface area contributed by atoms with Crippen LogP contribution in [0.3, 0.4) is 0 Å². The molecule has 0 aromatic heterocycles. The summed E-state index contributed by atoms with van der Waals surface area (Å²) in [5.74, 6) is 0. The summed E-state index contributed by atoms with van der Waals surface area (Å²) in [6, 6.07) is 72.6. The molecule has 2 aliphatic carbocycles. The fraction of sp³-hybridized carbons (Fsp3) is 0.0400. The first-order valence-electron chi connectivity index (χ1n) is 17.7. The molecule has 8 aromatic carbocycles. The minimum absolute atomic E-state index is 0.450. The largest absolute Gasteiger partial charge is 0.0714 e. The molecule has 0 saturated heterocycles. The van der Waals surface area contributed by atoms with E-state index in [1.165, 1.54) is 85.0 Å². The summed E-state index contributed by atoms with van der Waals surface area (Å²) < 4.78 is 2.52. The molecule has 0 N–H and O–H groups in total. The van der Waals surface area contributed by atoms with Crippen molar-refractivity contribution in [3.63, 3.8) is 0 Å². The van der Waals surface area contributed by atoms with E-state index in [4.69, 9.17) is 0 Å². The second-order valence-corrected chi connectivity index (χ2v) is 16.2. The highest BCUT2D eigenvalue weighted by Crippen LogP contribution is 2.59. The molecule has 0 heterocycles. The van der Waals surface area contributed by atoms with Gasteiger partial charge in [-0.3, -0.25) is 0 Å². The molecule has 8 aromatic rings. The van der Waals surface area contributed by atoms with Crippen molar-refractivity contribution < 1.29 is 0 Å². The highest BCUT2D eigenvalue weighted by molar-refractivity contribution is 14.1. The van der Waals surface area contributed by atoms with E-state index in [0.29, 0.717) is 0 Å². The number of benzene rings is 8. The van der Waals surface area contributed by atoms with Gasteiger partial charge in [0.05, 0.1) is 10.8 Å². The molecule has 2 aliphatic rings. The number of halogens is 2. The van der Waals surface area contributed by atoms with Gasteiger partial charge in [0.25, 0.3) is 0 Å². The Balaban J connectivity index is 1.24. The van der Waals surface area contributed by atoms with Crippen LogP contribution in [0.2, 0.25) is 0 Å². The van der Waals surface area contributed by atoms with Gasteiger partial charge in [0.15, 0.2) is 0 Å². The van der Waals surface area contributed by atoms with Crippen molar-refractivity contribution in [3.8, 4) is 33.4 Å². The van der Waals surface area contributed by atoms with Crippen molar-refractivity contribution in [2.45, 2.75) is 10.8 Å². The van der Waals surface area contributed by atoms with Gasteiger partial charge in [0, 0.05) is 12.7 Å². The van der Waals surface area contributed by atoms with Crippen LogP contribution in [0.15, 0.2) is 194 Å². The van der Waals surface area contributed by atoms with Crippen LogP contribution in [0.5, 0.6) is 0 Å². The van der Waals surface area contributed by atoms with Crippen LogP contribution < -0.4 is 0 Å². The van der Waals surface area contributed by atoms with E-state index < -0.39 is 10.8 Å². The number of hydrogen-bond acceptors (Lipinski definition) is 0. The maximum atomic E-state index is 2.53. The maximum absolute atomic E-state index is 2.53. The first kappa shape index (κ1) is 31.9. The SMILES string of the molecule is Ic1ccc2c(c1)-c1ccccc1C2(c1ccccc1)c1cccc(-c2ccc3c(c2)C(c2ccccc2)(c2ccccc2)c2cccc(I)c2-3)c1. The molecule has 1 atom stereocenters.